The predicted octanol–water partition coefficient (Wildman–Crippen LogP) is 10.4. The molecule has 0 aliphatic carbocycles. The minimum Gasteiger partial charge on any atom is -0.481 e. The van der Waals surface area contributed by atoms with Gasteiger partial charge in [0.2, 0.25) is 11.8 Å². The van der Waals surface area contributed by atoms with E-state index in [0.717, 1.165) is 51.4 Å². The van der Waals surface area contributed by atoms with Gasteiger partial charge in [-0.3, -0.25) is 14.4 Å². The van der Waals surface area contributed by atoms with Crippen LogP contribution in [0, 0.1) is 5.92 Å². The van der Waals surface area contributed by atoms with Gasteiger partial charge in [-0.05, 0) is 44.6 Å². The number of carbonyl (C=O) groups excluding carboxylic acids is 2. The summed E-state index contributed by atoms with van der Waals surface area (Å²) in [4.78, 5) is 40.7. The Morgan fingerprint density at radius 2 is 1.02 bits per heavy atom. The van der Waals surface area contributed by atoms with E-state index >= 15 is 0 Å². The van der Waals surface area contributed by atoms with Gasteiger partial charge in [-0.15, -0.1) is 0 Å². The first-order valence-corrected chi connectivity index (χ1v) is 25.7. The van der Waals surface area contributed by atoms with Crippen molar-refractivity contribution in [3.63, 3.8) is 0 Å². The Hall–Kier alpha value is -1.79. The summed E-state index contributed by atoms with van der Waals surface area (Å²) in [7, 11) is 0. The zero-order chi connectivity index (χ0) is 44.9. The van der Waals surface area contributed by atoms with Crippen LogP contribution in [0.3, 0.4) is 0 Å². The maximum atomic E-state index is 14.1. The molecule has 0 bridgehead atoms. The van der Waals surface area contributed by atoms with Crippen molar-refractivity contribution >= 4 is 17.8 Å². The fraction of sp³-hybridized carbons (Fsp3) is 0.940. The summed E-state index contributed by atoms with van der Waals surface area (Å²) in [6, 6.07) is -1.69. The zero-order valence-corrected chi connectivity index (χ0v) is 39.9. The van der Waals surface area contributed by atoms with Gasteiger partial charge in [0, 0.05) is 19.4 Å². The Labute approximate surface area is 373 Å². The van der Waals surface area contributed by atoms with Crippen LogP contribution in [0.25, 0.3) is 0 Å². The number of carboxylic acid groups (broad SMARTS) is 1. The van der Waals surface area contributed by atoms with Crippen molar-refractivity contribution in [2.24, 2.45) is 5.92 Å². The molecule has 11 nitrogen and oxygen atoms in total. The number of carbonyl (C=O) groups is 3. The fourth-order valence-electron chi connectivity index (χ4n) is 8.70. The number of hydrogen-bond donors (Lipinski definition) is 6. The largest absolute Gasteiger partial charge is 0.481 e. The summed E-state index contributed by atoms with van der Waals surface area (Å²) in [5.74, 6) is -1.09. The average molecular weight is 868 g/mol. The summed E-state index contributed by atoms with van der Waals surface area (Å²) in [5.41, 5.74) is 0. The summed E-state index contributed by atoms with van der Waals surface area (Å²) in [6.07, 6.45) is 30.8. The number of unbranched alkanes of at least 4 members (excludes halogenated alkanes) is 27. The van der Waals surface area contributed by atoms with Crippen LogP contribution in [0.4, 0.5) is 0 Å². The standard InChI is InChI=1S/C50H97N3O8/c1-5-7-9-11-13-15-17-19-20-21-22-24-26-28-31-35-44(55)53(38-34-29-27-25-23-18-16-14-12-10-8-6-2)50-46(48(59)47(58)43(40-54)61-50)52-49(60)42(39-41(3)4)51-37-33-30-32-36-45(56)57/h41-43,46-48,50-51,54,58-59H,5-40H2,1-4H3,(H,52,60)(H,56,57)/t42-,43+,46-,47+,48+,50+/m0/s1. The van der Waals surface area contributed by atoms with Crippen LogP contribution < -0.4 is 10.6 Å². The molecule has 1 aliphatic rings. The van der Waals surface area contributed by atoms with Crippen LogP contribution in [0.15, 0.2) is 0 Å². The number of nitrogens with one attached hydrogen (secondary N) is 2. The molecule has 1 rings (SSSR count). The number of rotatable bonds is 42. The highest BCUT2D eigenvalue weighted by Gasteiger charge is 2.48. The quantitative estimate of drug-likeness (QED) is 0.0327. The number of amides is 2. The second-order valence-electron chi connectivity index (χ2n) is 18.8. The van der Waals surface area contributed by atoms with Crippen LogP contribution in [0.5, 0.6) is 0 Å². The lowest BCUT2D eigenvalue weighted by atomic mass is 9.94. The second-order valence-corrected chi connectivity index (χ2v) is 18.8. The van der Waals surface area contributed by atoms with Crippen LogP contribution in [0.2, 0.25) is 0 Å². The number of aliphatic hydroxyl groups is 3. The van der Waals surface area contributed by atoms with Crippen LogP contribution in [0.1, 0.15) is 240 Å². The van der Waals surface area contributed by atoms with Gasteiger partial charge in [-0.1, -0.05) is 195 Å². The highest BCUT2D eigenvalue weighted by molar-refractivity contribution is 5.82. The predicted molar refractivity (Wildman–Crippen MR) is 249 cm³/mol. The van der Waals surface area contributed by atoms with E-state index in [0.29, 0.717) is 38.8 Å². The molecule has 2 amide bonds. The number of nitrogens with zero attached hydrogens (tertiary/aromatic N) is 1. The molecule has 0 aromatic heterocycles. The van der Waals surface area contributed by atoms with Gasteiger partial charge < -0.3 is 40.7 Å². The molecule has 61 heavy (non-hydrogen) atoms. The van der Waals surface area contributed by atoms with Gasteiger partial charge in [-0.2, -0.15) is 0 Å². The Kier molecular flexibility index (Phi) is 36.3. The molecular formula is C50H97N3O8. The first-order valence-electron chi connectivity index (χ1n) is 25.7. The molecule has 1 heterocycles. The van der Waals surface area contributed by atoms with E-state index < -0.39 is 49.2 Å². The lowest BCUT2D eigenvalue weighted by Crippen LogP contribution is -2.69. The fourth-order valence-corrected chi connectivity index (χ4v) is 8.70. The zero-order valence-electron chi connectivity index (χ0n) is 39.9. The average Bonchev–Trinajstić information content (AvgIpc) is 3.23. The van der Waals surface area contributed by atoms with E-state index in [1.165, 1.54) is 128 Å². The van der Waals surface area contributed by atoms with E-state index in [1.807, 2.05) is 13.8 Å². The van der Waals surface area contributed by atoms with E-state index in [-0.39, 0.29) is 24.2 Å². The van der Waals surface area contributed by atoms with Gasteiger partial charge in [0.25, 0.3) is 0 Å². The number of carboxylic acids is 1. The first kappa shape index (κ1) is 57.2. The van der Waals surface area contributed by atoms with Crippen molar-refractivity contribution in [2.45, 2.75) is 276 Å². The van der Waals surface area contributed by atoms with Crippen LogP contribution in [-0.4, -0.2) is 99.4 Å². The first-order chi connectivity index (χ1) is 29.6. The minimum atomic E-state index is -1.46. The third-order valence-electron chi connectivity index (χ3n) is 12.6. The Balaban J connectivity index is 2.89. The molecule has 0 radical (unpaired) electrons. The molecule has 0 spiro atoms. The Morgan fingerprint density at radius 3 is 1.46 bits per heavy atom. The molecule has 0 aromatic carbocycles. The number of hydrogen-bond acceptors (Lipinski definition) is 8. The van der Waals surface area contributed by atoms with Crippen molar-refractivity contribution in [2.75, 3.05) is 19.7 Å². The molecule has 0 aromatic rings. The molecule has 0 saturated carbocycles. The highest BCUT2D eigenvalue weighted by atomic mass is 16.5. The third-order valence-corrected chi connectivity index (χ3v) is 12.6. The maximum Gasteiger partial charge on any atom is 0.303 e. The number of aliphatic carboxylic acids is 1. The smallest absolute Gasteiger partial charge is 0.303 e. The summed E-state index contributed by atoms with van der Waals surface area (Å²) in [6.45, 7) is 8.95. The van der Waals surface area contributed by atoms with Gasteiger partial charge in [0.15, 0.2) is 6.23 Å². The Bertz CT molecular complexity index is 1060. The third kappa shape index (κ3) is 28.6. The van der Waals surface area contributed by atoms with Crippen LogP contribution in [-0.2, 0) is 19.1 Å². The lowest BCUT2D eigenvalue weighted by Gasteiger charge is -2.47. The summed E-state index contributed by atoms with van der Waals surface area (Å²) >= 11 is 0. The SMILES string of the molecule is CCCCCCCCCCCCCCCCCC(=O)N(CCCCCCCCCCCCCC)[C@@H]1O[C@H](CO)[C@@H](O)[C@H](O)[C@@H]1NC(=O)[C@H](CC(C)C)NCCCCCC(=O)O. The topological polar surface area (TPSA) is 169 Å². The van der Waals surface area contributed by atoms with Crippen LogP contribution >= 0.6 is 0 Å². The lowest BCUT2D eigenvalue weighted by molar-refractivity contribution is -0.231. The van der Waals surface area contributed by atoms with Crippen molar-refractivity contribution in [3.05, 3.63) is 0 Å². The molecule has 0 unspecified atom stereocenters. The molecule has 6 atom stereocenters. The minimum absolute atomic E-state index is 0.0967. The monoisotopic (exact) mass is 868 g/mol. The van der Waals surface area contributed by atoms with Crippen molar-refractivity contribution < 1.29 is 39.5 Å². The normalized spacial score (nSPS) is 19.6. The maximum absolute atomic E-state index is 14.1. The number of ether oxygens (including phenoxy) is 1. The van der Waals surface area contributed by atoms with Crippen molar-refractivity contribution in [1.82, 2.24) is 15.5 Å². The van der Waals surface area contributed by atoms with Crippen molar-refractivity contribution in [1.29, 1.82) is 0 Å². The van der Waals surface area contributed by atoms with Gasteiger partial charge in [0.05, 0.1) is 12.6 Å². The molecule has 1 fully saturated rings. The number of aliphatic hydroxyl groups excluding tert-OH is 3. The van der Waals surface area contributed by atoms with E-state index in [2.05, 4.69) is 24.5 Å². The van der Waals surface area contributed by atoms with Gasteiger partial charge >= 0.3 is 5.97 Å². The Morgan fingerprint density at radius 1 is 0.590 bits per heavy atom. The molecule has 360 valence electrons. The molecule has 1 aliphatic heterocycles. The molecule has 6 N–H and O–H groups in total. The molecule has 1 saturated heterocycles. The summed E-state index contributed by atoms with van der Waals surface area (Å²) in [5, 5.41) is 47.9. The molecular weight excluding hydrogens is 771 g/mol. The van der Waals surface area contributed by atoms with E-state index in [1.54, 1.807) is 4.90 Å². The summed E-state index contributed by atoms with van der Waals surface area (Å²) < 4.78 is 6.27. The van der Waals surface area contributed by atoms with E-state index in [9.17, 15) is 29.7 Å². The van der Waals surface area contributed by atoms with Gasteiger partial charge in [-0.25, -0.2) is 0 Å². The molecule has 11 heteroatoms. The second kappa shape index (κ2) is 38.6. The van der Waals surface area contributed by atoms with Gasteiger partial charge in [0.1, 0.15) is 24.4 Å². The van der Waals surface area contributed by atoms with Crippen molar-refractivity contribution in [3.8, 4) is 0 Å². The van der Waals surface area contributed by atoms with E-state index in [4.69, 9.17) is 9.84 Å². The highest BCUT2D eigenvalue weighted by Crippen LogP contribution is 2.26.